The number of aliphatic carboxylic acids is 1. The highest BCUT2D eigenvalue weighted by molar-refractivity contribution is 5.74. The molecule has 5 heteroatoms. The van der Waals surface area contributed by atoms with Gasteiger partial charge in [0, 0.05) is 19.6 Å². The minimum atomic E-state index is -0.726. The molecule has 0 radical (unpaired) electrons. The number of rotatable bonds is 8. The summed E-state index contributed by atoms with van der Waals surface area (Å²) < 4.78 is 0. The molecule has 21 heavy (non-hydrogen) atoms. The number of nitrogens with one attached hydrogen (secondary N) is 1. The van der Waals surface area contributed by atoms with Crippen molar-refractivity contribution < 1.29 is 14.7 Å². The second-order valence-corrected chi connectivity index (χ2v) is 6.04. The molecule has 2 amide bonds. The fourth-order valence-electron chi connectivity index (χ4n) is 3.15. The van der Waals surface area contributed by atoms with Crippen LogP contribution in [0.2, 0.25) is 0 Å². The average molecular weight is 298 g/mol. The number of carbonyl (C=O) groups excluding carboxylic acids is 1. The molecule has 2 N–H and O–H groups in total. The highest BCUT2D eigenvalue weighted by Crippen LogP contribution is 2.31. The molecule has 0 aromatic carbocycles. The highest BCUT2D eigenvalue weighted by atomic mass is 16.4. The fraction of sp³-hybridized carbons (Fsp3) is 0.875. The highest BCUT2D eigenvalue weighted by Gasteiger charge is 2.33. The molecule has 1 saturated carbocycles. The lowest BCUT2D eigenvalue weighted by Crippen LogP contribution is -2.44. The van der Waals surface area contributed by atoms with Gasteiger partial charge in [-0.15, -0.1) is 0 Å². The summed E-state index contributed by atoms with van der Waals surface area (Å²) in [6, 6.07) is -0.0551. The van der Waals surface area contributed by atoms with E-state index in [1.807, 2.05) is 11.8 Å². The maximum absolute atomic E-state index is 12.2. The van der Waals surface area contributed by atoms with Crippen molar-refractivity contribution >= 4 is 12.0 Å². The van der Waals surface area contributed by atoms with Gasteiger partial charge in [0.1, 0.15) is 0 Å². The SMILES string of the molecule is CCC(CC)CN(CC)C(=O)NCC1CCCC1C(=O)O. The van der Waals surface area contributed by atoms with E-state index in [1.54, 1.807) is 0 Å². The number of nitrogens with zero attached hydrogens (tertiary/aromatic N) is 1. The van der Waals surface area contributed by atoms with E-state index in [0.717, 1.165) is 38.6 Å². The van der Waals surface area contributed by atoms with E-state index in [2.05, 4.69) is 19.2 Å². The first-order valence-electron chi connectivity index (χ1n) is 8.28. The van der Waals surface area contributed by atoms with Crippen LogP contribution in [0.5, 0.6) is 0 Å². The van der Waals surface area contributed by atoms with E-state index in [9.17, 15) is 9.59 Å². The molecule has 0 spiro atoms. The molecule has 0 bridgehead atoms. The first kappa shape index (κ1) is 17.8. The Morgan fingerprint density at radius 3 is 2.43 bits per heavy atom. The van der Waals surface area contributed by atoms with E-state index in [4.69, 9.17) is 5.11 Å². The van der Waals surface area contributed by atoms with E-state index in [-0.39, 0.29) is 17.9 Å². The number of amides is 2. The van der Waals surface area contributed by atoms with Crippen LogP contribution in [0.1, 0.15) is 52.9 Å². The summed E-state index contributed by atoms with van der Waals surface area (Å²) >= 11 is 0. The summed E-state index contributed by atoms with van der Waals surface area (Å²) in [5.74, 6) is -0.400. The van der Waals surface area contributed by atoms with Crippen LogP contribution in [0.3, 0.4) is 0 Å². The molecule has 2 atom stereocenters. The summed E-state index contributed by atoms with van der Waals surface area (Å²) in [6.45, 7) is 8.23. The molecule has 5 nitrogen and oxygen atoms in total. The Labute approximate surface area is 128 Å². The maximum atomic E-state index is 12.2. The second kappa shape index (κ2) is 8.90. The van der Waals surface area contributed by atoms with Crippen LogP contribution in [0.25, 0.3) is 0 Å². The first-order valence-corrected chi connectivity index (χ1v) is 8.28. The quantitative estimate of drug-likeness (QED) is 0.724. The van der Waals surface area contributed by atoms with Gasteiger partial charge < -0.3 is 15.3 Å². The minimum absolute atomic E-state index is 0.0551. The first-order chi connectivity index (χ1) is 10.0. The van der Waals surface area contributed by atoms with E-state index < -0.39 is 5.97 Å². The smallest absolute Gasteiger partial charge is 0.317 e. The summed E-state index contributed by atoms with van der Waals surface area (Å²) in [5.41, 5.74) is 0. The third-order valence-corrected chi connectivity index (χ3v) is 4.79. The predicted molar refractivity (Wildman–Crippen MR) is 83.2 cm³/mol. The van der Waals surface area contributed by atoms with Gasteiger partial charge in [-0.2, -0.15) is 0 Å². The zero-order chi connectivity index (χ0) is 15.8. The Hall–Kier alpha value is -1.26. The molecule has 0 aliphatic heterocycles. The summed E-state index contributed by atoms with van der Waals surface area (Å²) in [5, 5.41) is 12.1. The lowest BCUT2D eigenvalue weighted by atomic mass is 9.96. The Kier molecular flexibility index (Phi) is 7.54. The van der Waals surface area contributed by atoms with Gasteiger partial charge in [0.05, 0.1) is 5.92 Å². The Morgan fingerprint density at radius 1 is 1.24 bits per heavy atom. The van der Waals surface area contributed by atoms with Crippen molar-refractivity contribution in [2.75, 3.05) is 19.6 Å². The largest absolute Gasteiger partial charge is 0.481 e. The van der Waals surface area contributed by atoms with Gasteiger partial charge in [-0.25, -0.2) is 4.79 Å². The number of carboxylic acid groups (broad SMARTS) is 1. The van der Waals surface area contributed by atoms with Crippen LogP contribution in [0.15, 0.2) is 0 Å². The summed E-state index contributed by atoms with van der Waals surface area (Å²) in [7, 11) is 0. The summed E-state index contributed by atoms with van der Waals surface area (Å²) in [6.07, 6.45) is 4.73. The van der Waals surface area contributed by atoms with Crippen molar-refractivity contribution in [1.82, 2.24) is 10.2 Å². The Morgan fingerprint density at radius 2 is 1.90 bits per heavy atom. The van der Waals surface area contributed by atoms with Crippen LogP contribution >= 0.6 is 0 Å². The number of hydrogen-bond donors (Lipinski definition) is 2. The molecular formula is C16H30N2O3. The number of carboxylic acids is 1. The third-order valence-electron chi connectivity index (χ3n) is 4.79. The number of hydrogen-bond acceptors (Lipinski definition) is 2. The summed E-state index contributed by atoms with van der Waals surface area (Å²) in [4.78, 5) is 25.2. The van der Waals surface area contributed by atoms with Crippen LogP contribution < -0.4 is 5.32 Å². The van der Waals surface area contributed by atoms with Gasteiger partial charge in [0.15, 0.2) is 0 Å². The predicted octanol–water partition coefficient (Wildman–Crippen LogP) is 2.96. The van der Waals surface area contributed by atoms with Gasteiger partial charge in [0.2, 0.25) is 0 Å². The molecule has 0 aromatic heterocycles. The van der Waals surface area contributed by atoms with Crippen LogP contribution in [-0.4, -0.2) is 41.6 Å². The van der Waals surface area contributed by atoms with E-state index in [1.165, 1.54) is 0 Å². The molecule has 0 saturated heterocycles. The average Bonchev–Trinajstić information content (AvgIpc) is 2.95. The molecule has 1 aliphatic carbocycles. The Balaban J connectivity index is 2.45. The van der Waals surface area contributed by atoms with Crippen LogP contribution in [-0.2, 0) is 4.79 Å². The monoisotopic (exact) mass is 298 g/mol. The van der Waals surface area contributed by atoms with Crippen molar-refractivity contribution in [3.05, 3.63) is 0 Å². The second-order valence-electron chi connectivity index (χ2n) is 6.04. The molecule has 1 aliphatic rings. The van der Waals surface area contributed by atoms with Gasteiger partial charge in [-0.3, -0.25) is 4.79 Å². The molecule has 2 unspecified atom stereocenters. The van der Waals surface area contributed by atoms with Crippen LogP contribution in [0.4, 0.5) is 4.79 Å². The molecular weight excluding hydrogens is 268 g/mol. The maximum Gasteiger partial charge on any atom is 0.317 e. The molecule has 0 heterocycles. The van der Waals surface area contributed by atoms with Crippen molar-refractivity contribution in [2.24, 2.45) is 17.8 Å². The standard InChI is InChI=1S/C16H30N2O3/c1-4-12(5-2)11-18(6-3)16(21)17-10-13-8-7-9-14(13)15(19)20/h12-14H,4-11H2,1-3H3,(H,17,21)(H,19,20). The number of carbonyl (C=O) groups is 2. The lowest BCUT2D eigenvalue weighted by molar-refractivity contribution is -0.142. The molecule has 1 fully saturated rings. The van der Waals surface area contributed by atoms with Crippen molar-refractivity contribution in [1.29, 1.82) is 0 Å². The topological polar surface area (TPSA) is 69.6 Å². The normalized spacial score (nSPS) is 21.5. The van der Waals surface area contributed by atoms with Crippen LogP contribution in [0, 0.1) is 17.8 Å². The van der Waals surface area contributed by atoms with Crippen molar-refractivity contribution in [3.63, 3.8) is 0 Å². The molecule has 122 valence electrons. The Bertz CT molecular complexity index is 342. The van der Waals surface area contributed by atoms with Gasteiger partial charge >= 0.3 is 12.0 Å². The minimum Gasteiger partial charge on any atom is -0.481 e. The van der Waals surface area contributed by atoms with Gasteiger partial charge in [-0.05, 0) is 31.6 Å². The van der Waals surface area contributed by atoms with E-state index in [0.29, 0.717) is 19.0 Å². The van der Waals surface area contributed by atoms with Crippen molar-refractivity contribution in [3.8, 4) is 0 Å². The van der Waals surface area contributed by atoms with Gasteiger partial charge in [0.25, 0.3) is 0 Å². The fourth-order valence-corrected chi connectivity index (χ4v) is 3.15. The van der Waals surface area contributed by atoms with E-state index >= 15 is 0 Å². The zero-order valence-corrected chi connectivity index (χ0v) is 13.6. The zero-order valence-electron chi connectivity index (χ0n) is 13.6. The number of urea groups is 1. The third kappa shape index (κ3) is 5.21. The van der Waals surface area contributed by atoms with Gasteiger partial charge in [-0.1, -0.05) is 33.1 Å². The molecule has 1 rings (SSSR count). The van der Waals surface area contributed by atoms with Crippen molar-refractivity contribution in [2.45, 2.75) is 52.9 Å². The lowest BCUT2D eigenvalue weighted by Gasteiger charge is -2.26. The molecule has 0 aromatic rings.